The molecule has 166 valence electrons. The lowest BCUT2D eigenvalue weighted by Crippen LogP contribution is -2.50. The van der Waals surface area contributed by atoms with Crippen molar-refractivity contribution in [3.8, 4) is 5.75 Å². The van der Waals surface area contributed by atoms with Crippen molar-refractivity contribution in [3.05, 3.63) is 29.8 Å². The maximum absolute atomic E-state index is 12.5. The predicted octanol–water partition coefficient (Wildman–Crippen LogP) is 3.23. The van der Waals surface area contributed by atoms with E-state index in [0.717, 1.165) is 19.6 Å². The Morgan fingerprint density at radius 1 is 1.31 bits per heavy atom. The number of aliphatic imine (C=N–C) groups is 1. The lowest BCUT2D eigenvalue weighted by Gasteiger charge is -2.34. The lowest BCUT2D eigenvalue weighted by molar-refractivity contribution is -0.274. The molecule has 1 aromatic rings. The van der Waals surface area contributed by atoms with Crippen LogP contribution in [-0.4, -0.2) is 63.2 Å². The lowest BCUT2D eigenvalue weighted by atomic mass is 10.2. The highest BCUT2D eigenvalue weighted by atomic mass is 127. The van der Waals surface area contributed by atoms with Crippen LogP contribution in [0.25, 0.3) is 0 Å². The molecule has 0 radical (unpaired) electrons. The van der Waals surface area contributed by atoms with Crippen LogP contribution in [0.1, 0.15) is 19.4 Å². The highest BCUT2D eigenvalue weighted by molar-refractivity contribution is 14.0. The summed E-state index contributed by atoms with van der Waals surface area (Å²) in [5.41, 5.74) is 0.389. The molecule has 10 heteroatoms. The van der Waals surface area contributed by atoms with Crippen LogP contribution >= 0.6 is 24.0 Å². The van der Waals surface area contributed by atoms with Crippen LogP contribution in [0.5, 0.6) is 5.75 Å². The first kappa shape index (κ1) is 25.8. The maximum atomic E-state index is 12.5. The zero-order valence-electron chi connectivity index (χ0n) is 17.0. The van der Waals surface area contributed by atoms with Crippen LogP contribution in [0.3, 0.4) is 0 Å². The molecule has 0 aliphatic carbocycles. The van der Waals surface area contributed by atoms with Crippen LogP contribution in [-0.2, 0) is 11.3 Å². The normalized spacial score (nSPS) is 18.3. The van der Waals surface area contributed by atoms with E-state index in [1.54, 1.807) is 19.2 Å². The van der Waals surface area contributed by atoms with Gasteiger partial charge in [0.15, 0.2) is 5.96 Å². The Balaban J connectivity index is 0.00000420. The molecule has 0 spiro atoms. The minimum Gasteiger partial charge on any atom is -0.405 e. The molecule has 29 heavy (non-hydrogen) atoms. The smallest absolute Gasteiger partial charge is 0.405 e. The zero-order chi connectivity index (χ0) is 20.6. The van der Waals surface area contributed by atoms with Crippen molar-refractivity contribution in [1.82, 2.24) is 15.5 Å². The second-order valence-corrected chi connectivity index (χ2v) is 7.11. The topological polar surface area (TPSA) is 58.1 Å². The molecular formula is C19H30F3IN4O2. The van der Waals surface area contributed by atoms with Crippen molar-refractivity contribution in [2.45, 2.75) is 32.9 Å². The predicted molar refractivity (Wildman–Crippen MR) is 118 cm³/mol. The van der Waals surface area contributed by atoms with Gasteiger partial charge >= 0.3 is 6.36 Å². The Morgan fingerprint density at radius 3 is 2.69 bits per heavy atom. The van der Waals surface area contributed by atoms with Crippen LogP contribution < -0.4 is 15.4 Å². The summed E-state index contributed by atoms with van der Waals surface area (Å²) in [7, 11) is 1.61. The third-order valence-corrected chi connectivity index (χ3v) is 4.21. The van der Waals surface area contributed by atoms with Crippen molar-refractivity contribution < 1.29 is 22.6 Å². The van der Waals surface area contributed by atoms with Gasteiger partial charge in [-0.15, -0.1) is 37.1 Å². The maximum Gasteiger partial charge on any atom is 0.573 e. The van der Waals surface area contributed by atoms with Crippen molar-refractivity contribution in [1.29, 1.82) is 0 Å². The fourth-order valence-electron chi connectivity index (χ4n) is 3.07. The standard InChI is InChI=1S/C19H29F3N4O2.HI/c1-14(2)12-26-8-9-27-16(13-26)11-25-18(23-3)24-10-15-6-4-5-7-17(15)28-19(20,21)22;/h4-7,14,16H,8-13H2,1-3H3,(H2,23,24,25);1H. The molecule has 1 saturated heterocycles. The number of nitrogens with zero attached hydrogens (tertiary/aromatic N) is 2. The van der Waals surface area contributed by atoms with E-state index in [-0.39, 0.29) is 42.4 Å². The Bertz CT molecular complexity index is 644. The number of alkyl halides is 3. The number of benzene rings is 1. The van der Waals surface area contributed by atoms with Crippen LogP contribution in [0.15, 0.2) is 29.3 Å². The summed E-state index contributed by atoms with van der Waals surface area (Å²) in [4.78, 5) is 6.50. The number of rotatable bonds is 7. The summed E-state index contributed by atoms with van der Waals surface area (Å²) < 4.78 is 47.4. The van der Waals surface area contributed by atoms with Gasteiger partial charge in [-0.3, -0.25) is 9.89 Å². The van der Waals surface area contributed by atoms with Gasteiger partial charge < -0.3 is 20.1 Å². The first-order valence-corrected chi connectivity index (χ1v) is 9.39. The fourth-order valence-corrected chi connectivity index (χ4v) is 3.07. The van der Waals surface area contributed by atoms with E-state index in [1.165, 1.54) is 12.1 Å². The van der Waals surface area contributed by atoms with E-state index >= 15 is 0 Å². The van der Waals surface area contributed by atoms with Gasteiger partial charge in [-0.05, 0) is 12.0 Å². The van der Waals surface area contributed by atoms with E-state index in [4.69, 9.17) is 4.74 Å². The van der Waals surface area contributed by atoms with E-state index in [0.29, 0.717) is 30.6 Å². The summed E-state index contributed by atoms with van der Waals surface area (Å²) >= 11 is 0. The van der Waals surface area contributed by atoms with E-state index in [2.05, 4.69) is 39.1 Å². The molecule has 1 aliphatic rings. The molecule has 1 heterocycles. The number of halogens is 4. The fraction of sp³-hybridized carbons (Fsp3) is 0.632. The molecule has 1 unspecified atom stereocenters. The summed E-state index contributed by atoms with van der Waals surface area (Å²) in [5.74, 6) is 0.865. The van der Waals surface area contributed by atoms with Crippen molar-refractivity contribution in [2.75, 3.05) is 39.8 Å². The highest BCUT2D eigenvalue weighted by Crippen LogP contribution is 2.26. The van der Waals surface area contributed by atoms with Crippen LogP contribution in [0, 0.1) is 5.92 Å². The molecule has 1 aliphatic heterocycles. The number of ether oxygens (including phenoxy) is 2. The van der Waals surface area contributed by atoms with Gasteiger partial charge in [0.05, 0.1) is 12.7 Å². The number of hydrogen-bond donors (Lipinski definition) is 2. The van der Waals surface area contributed by atoms with Gasteiger partial charge in [0.2, 0.25) is 0 Å². The van der Waals surface area contributed by atoms with Crippen LogP contribution in [0.2, 0.25) is 0 Å². The minimum atomic E-state index is -4.73. The Morgan fingerprint density at radius 2 is 2.03 bits per heavy atom. The molecule has 1 atom stereocenters. The molecule has 1 fully saturated rings. The highest BCUT2D eigenvalue weighted by Gasteiger charge is 2.32. The van der Waals surface area contributed by atoms with Crippen molar-refractivity contribution >= 4 is 29.9 Å². The largest absolute Gasteiger partial charge is 0.573 e. The third kappa shape index (κ3) is 9.85. The molecule has 0 amide bonds. The van der Waals surface area contributed by atoms with Gasteiger partial charge in [0, 0.05) is 45.3 Å². The minimum absolute atomic E-state index is 0. The molecular weight excluding hydrogens is 500 g/mol. The molecule has 0 saturated carbocycles. The molecule has 2 N–H and O–H groups in total. The third-order valence-electron chi connectivity index (χ3n) is 4.21. The Hall–Kier alpha value is -1.27. The van der Waals surface area contributed by atoms with Crippen molar-refractivity contribution in [3.63, 3.8) is 0 Å². The summed E-state index contributed by atoms with van der Waals surface area (Å²) in [6.07, 6.45) is -4.69. The van der Waals surface area contributed by atoms with E-state index < -0.39 is 6.36 Å². The first-order chi connectivity index (χ1) is 13.3. The molecule has 0 bridgehead atoms. The number of hydrogen-bond acceptors (Lipinski definition) is 4. The summed E-state index contributed by atoms with van der Waals surface area (Å²) in [6, 6.07) is 6.03. The monoisotopic (exact) mass is 530 g/mol. The Kier molecular flexibility index (Phi) is 11.0. The first-order valence-electron chi connectivity index (χ1n) is 9.39. The number of para-hydroxylation sites is 1. The van der Waals surface area contributed by atoms with E-state index in [9.17, 15) is 13.2 Å². The number of morpholine rings is 1. The molecule has 0 aromatic heterocycles. The average Bonchev–Trinajstić information content (AvgIpc) is 2.61. The number of nitrogens with one attached hydrogen (secondary N) is 2. The zero-order valence-corrected chi connectivity index (χ0v) is 19.3. The van der Waals surface area contributed by atoms with Gasteiger partial charge in [0.25, 0.3) is 0 Å². The second-order valence-electron chi connectivity index (χ2n) is 7.11. The molecule has 1 aromatic carbocycles. The number of guanidine groups is 1. The quantitative estimate of drug-likeness (QED) is 0.322. The molecule has 6 nitrogen and oxygen atoms in total. The molecule has 2 rings (SSSR count). The van der Waals surface area contributed by atoms with E-state index in [1.807, 2.05) is 0 Å². The van der Waals surface area contributed by atoms with Gasteiger partial charge in [-0.2, -0.15) is 0 Å². The van der Waals surface area contributed by atoms with Crippen LogP contribution in [0.4, 0.5) is 13.2 Å². The second kappa shape index (κ2) is 12.4. The average molecular weight is 530 g/mol. The van der Waals surface area contributed by atoms with Gasteiger partial charge in [-0.1, -0.05) is 32.0 Å². The van der Waals surface area contributed by atoms with Gasteiger partial charge in [-0.25, -0.2) is 0 Å². The Labute approximate surface area is 187 Å². The van der Waals surface area contributed by atoms with Crippen molar-refractivity contribution in [2.24, 2.45) is 10.9 Å². The van der Waals surface area contributed by atoms with Gasteiger partial charge in [0.1, 0.15) is 5.75 Å². The summed E-state index contributed by atoms with van der Waals surface area (Å²) in [6.45, 7) is 8.58. The SMILES string of the molecule is CN=C(NCc1ccccc1OC(F)(F)F)NCC1CN(CC(C)C)CCO1.I. The summed E-state index contributed by atoms with van der Waals surface area (Å²) in [5, 5.41) is 6.19.